The molecular weight excluding hydrogens is 350 g/mol. The molecule has 1 nitrogen and oxygen atoms in total. The van der Waals surface area contributed by atoms with Crippen LogP contribution in [0.1, 0.15) is 135 Å². The van der Waals surface area contributed by atoms with E-state index >= 15 is 0 Å². The molecule has 0 aromatic rings. The molecule has 0 saturated heterocycles. The summed E-state index contributed by atoms with van der Waals surface area (Å²) in [5, 5.41) is 0. The van der Waals surface area contributed by atoms with Gasteiger partial charge in [-0.1, -0.05) is 122 Å². The van der Waals surface area contributed by atoms with Crippen LogP contribution in [0.15, 0.2) is 0 Å². The maximum atomic E-state index is 2.30. The van der Waals surface area contributed by atoms with E-state index < -0.39 is 0 Å². The summed E-state index contributed by atoms with van der Waals surface area (Å²) in [5.41, 5.74) is 0. The molecule has 0 aromatic carbocycles. The molecule has 2 heteroatoms. The Labute approximate surface area is 180 Å². The van der Waals surface area contributed by atoms with Gasteiger partial charge in [-0.05, 0) is 12.8 Å². The zero-order valence-corrected chi connectivity index (χ0v) is 20.4. The highest BCUT2D eigenvalue weighted by atomic mass is 35.5. The molecular formula is C25H54ClN. The highest BCUT2D eigenvalue weighted by Gasteiger charge is 2.04. The van der Waals surface area contributed by atoms with E-state index in [9.17, 15) is 0 Å². The Hall–Kier alpha value is 0.250. The van der Waals surface area contributed by atoms with Crippen LogP contribution in [0.2, 0.25) is 0 Å². The molecule has 0 N–H and O–H groups in total. The van der Waals surface area contributed by atoms with Crippen LogP contribution >= 0.6 is 0 Å². The predicted octanol–water partition coefficient (Wildman–Crippen LogP) is 5.52. The molecule has 0 atom stereocenters. The normalized spacial score (nSPS) is 11.6. The Bertz CT molecular complexity index is 260. The lowest BCUT2D eigenvalue weighted by molar-refractivity contribution is -0.870. The second-order valence-electron chi connectivity index (χ2n) is 9.73. The maximum Gasteiger partial charge on any atom is 0.0780 e. The molecule has 166 valence electrons. The molecule has 0 bridgehead atoms. The van der Waals surface area contributed by atoms with Crippen LogP contribution in [-0.4, -0.2) is 32.2 Å². The highest BCUT2D eigenvalue weighted by Crippen LogP contribution is 2.14. The molecule has 27 heavy (non-hydrogen) atoms. The fraction of sp³-hybridized carbons (Fsp3) is 1.00. The zero-order valence-electron chi connectivity index (χ0n) is 19.7. The fourth-order valence-electron chi connectivity index (χ4n) is 3.84. The lowest BCUT2D eigenvalue weighted by Crippen LogP contribution is -3.00. The average molecular weight is 404 g/mol. The summed E-state index contributed by atoms with van der Waals surface area (Å²) in [6, 6.07) is 0. The van der Waals surface area contributed by atoms with Crippen LogP contribution in [0.4, 0.5) is 0 Å². The Morgan fingerprint density at radius 3 is 0.815 bits per heavy atom. The molecule has 0 fully saturated rings. The first-order chi connectivity index (χ1) is 12.6. The van der Waals surface area contributed by atoms with Crippen LogP contribution in [0.5, 0.6) is 0 Å². The summed E-state index contributed by atoms with van der Waals surface area (Å²) in [6.07, 6.45) is 29.3. The van der Waals surface area contributed by atoms with Crippen molar-refractivity contribution in [3.05, 3.63) is 0 Å². The molecule has 0 heterocycles. The number of hydrogen-bond acceptors (Lipinski definition) is 0. The molecule has 0 aliphatic rings. The van der Waals surface area contributed by atoms with Gasteiger partial charge in [-0.3, -0.25) is 0 Å². The van der Waals surface area contributed by atoms with Crippen LogP contribution in [-0.2, 0) is 0 Å². The predicted molar refractivity (Wildman–Crippen MR) is 121 cm³/mol. The molecule has 0 amide bonds. The van der Waals surface area contributed by atoms with Crippen LogP contribution in [0.25, 0.3) is 0 Å². The minimum atomic E-state index is 0. The summed E-state index contributed by atoms with van der Waals surface area (Å²) in [4.78, 5) is 0. The summed E-state index contributed by atoms with van der Waals surface area (Å²) in [7, 11) is 6.90. The number of halogens is 1. The maximum absolute atomic E-state index is 2.30. The minimum absolute atomic E-state index is 0. The van der Waals surface area contributed by atoms with Crippen molar-refractivity contribution in [3.8, 4) is 0 Å². The third-order valence-corrected chi connectivity index (χ3v) is 5.68. The summed E-state index contributed by atoms with van der Waals surface area (Å²) < 4.78 is 1.12. The van der Waals surface area contributed by atoms with Gasteiger partial charge >= 0.3 is 0 Å². The molecule has 0 radical (unpaired) electrons. The first-order valence-corrected chi connectivity index (χ1v) is 12.4. The first kappa shape index (κ1) is 29.5. The number of hydrogen-bond donors (Lipinski definition) is 0. The smallest absolute Gasteiger partial charge is 0.0780 e. The van der Waals surface area contributed by atoms with E-state index in [4.69, 9.17) is 0 Å². The van der Waals surface area contributed by atoms with E-state index in [1.807, 2.05) is 0 Å². The van der Waals surface area contributed by atoms with Gasteiger partial charge < -0.3 is 16.9 Å². The average Bonchev–Trinajstić information content (AvgIpc) is 2.59. The third-order valence-electron chi connectivity index (χ3n) is 5.68. The van der Waals surface area contributed by atoms with Crippen molar-refractivity contribution < 1.29 is 16.9 Å². The lowest BCUT2D eigenvalue weighted by Gasteiger charge is -2.23. The van der Waals surface area contributed by atoms with Gasteiger partial charge in [0.2, 0.25) is 0 Å². The largest absolute Gasteiger partial charge is 1.00 e. The number of quaternary nitrogens is 1. The highest BCUT2D eigenvalue weighted by molar-refractivity contribution is 4.50. The van der Waals surface area contributed by atoms with Gasteiger partial charge in [0.1, 0.15) is 0 Å². The van der Waals surface area contributed by atoms with Crippen molar-refractivity contribution in [1.29, 1.82) is 0 Å². The Morgan fingerprint density at radius 2 is 0.593 bits per heavy atom. The minimum Gasteiger partial charge on any atom is -1.00 e. The fourth-order valence-corrected chi connectivity index (χ4v) is 3.84. The Kier molecular flexibility index (Phi) is 24.6. The first-order valence-electron chi connectivity index (χ1n) is 12.4. The Balaban J connectivity index is 0. The van der Waals surface area contributed by atoms with E-state index in [0.717, 1.165) is 4.48 Å². The van der Waals surface area contributed by atoms with Crippen molar-refractivity contribution in [1.82, 2.24) is 0 Å². The van der Waals surface area contributed by atoms with Gasteiger partial charge in [0.05, 0.1) is 27.7 Å². The standard InChI is InChI=1S/C25H54N.ClH/c1-5-6-7-8-9-10-11-12-13-14-15-16-17-18-19-20-21-22-23-24-25-26(2,3)4;/h5-25H2,1-4H3;1H/q+1;/p-1. The molecule has 0 aromatic heterocycles. The zero-order chi connectivity index (χ0) is 19.3. The monoisotopic (exact) mass is 403 g/mol. The van der Waals surface area contributed by atoms with E-state index in [1.54, 1.807) is 0 Å². The van der Waals surface area contributed by atoms with Crippen LogP contribution < -0.4 is 12.4 Å². The van der Waals surface area contributed by atoms with Crippen molar-refractivity contribution in [2.75, 3.05) is 27.7 Å². The second kappa shape index (κ2) is 22.5. The van der Waals surface area contributed by atoms with Gasteiger partial charge in [-0.25, -0.2) is 0 Å². The van der Waals surface area contributed by atoms with E-state index in [-0.39, 0.29) is 12.4 Å². The van der Waals surface area contributed by atoms with E-state index in [2.05, 4.69) is 28.1 Å². The van der Waals surface area contributed by atoms with Crippen LogP contribution in [0, 0.1) is 0 Å². The molecule has 0 spiro atoms. The van der Waals surface area contributed by atoms with Crippen molar-refractivity contribution >= 4 is 0 Å². The quantitative estimate of drug-likeness (QED) is 0.175. The molecule has 0 aliphatic heterocycles. The third kappa shape index (κ3) is 28.6. The van der Waals surface area contributed by atoms with Gasteiger partial charge in [0, 0.05) is 0 Å². The summed E-state index contributed by atoms with van der Waals surface area (Å²) in [6.45, 7) is 3.63. The molecule has 0 unspecified atom stereocenters. The van der Waals surface area contributed by atoms with Gasteiger partial charge in [-0.2, -0.15) is 0 Å². The van der Waals surface area contributed by atoms with Crippen molar-refractivity contribution in [2.45, 2.75) is 135 Å². The number of nitrogens with zero attached hydrogens (tertiary/aromatic N) is 1. The van der Waals surface area contributed by atoms with Crippen LogP contribution in [0.3, 0.4) is 0 Å². The number of unbranched alkanes of at least 4 members (excludes halogenated alkanes) is 19. The summed E-state index contributed by atoms with van der Waals surface area (Å²) in [5.74, 6) is 0. The van der Waals surface area contributed by atoms with Gasteiger partial charge in [0.25, 0.3) is 0 Å². The number of rotatable bonds is 21. The topological polar surface area (TPSA) is 0 Å². The van der Waals surface area contributed by atoms with E-state index in [1.165, 1.54) is 135 Å². The molecule has 0 aliphatic carbocycles. The molecule has 0 rings (SSSR count). The summed E-state index contributed by atoms with van der Waals surface area (Å²) >= 11 is 0. The van der Waals surface area contributed by atoms with Crippen molar-refractivity contribution in [2.24, 2.45) is 0 Å². The van der Waals surface area contributed by atoms with E-state index in [0.29, 0.717) is 0 Å². The SMILES string of the molecule is CCCCCCCCCCCCCCCCCCCCCC[N+](C)(C)C.[Cl-]. The van der Waals surface area contributed by atoms with Gasteiger partial charge in [-0.15, -0.1) is 0 Å². The Morgan fingerprint density at radius 1 is 0.370 bits per heavy atom. The lowest BCUT2D eigenvalue weighted by atomic mass is 10.0. The van der Waals surface area contributed by atoms with Gasteiger partial charge in [0.15, 0.2) is 0 Å². The second-order valence-corrected chi connectivity index (χ2v) is 9.73. The molecule has 0 saturated carbocycles. The van der Waals surface area contributed by atoms with Crippen molar-refractivity contribution in [3.63, 3.8) is 0 Å².